The Kier molecular flexibility index (Phi) is 4.24. The van der Waals surface area contributed by atoms with E-state index in [2.05, 4.69) is 25.2 Å². The van der Waals surface area contributed by atoms with E-state index in [0.29, 0.717) is 18.1 Å². The summed E-state index contributed by atoms with van der Waals surface area (Å²) >= 11 is 0. The van der Waals surface area contributed by atoms with E-state index < -0.39 is 0 Å². The van der Waals surface area contributed by atoms with Gasteiger partial charge in [-0.05, 0) is 38.8 Å². The van der Waals surface area contributed by atoms with E-state index in [1.807, 2.05) is 0 Å². The van der Waals surface area contributed by atoms with Crippen LogP contribution in [0.15, 0.2) is 11.8 Å². The van der Waals surface area contributed by atoms with Gasteiger partial charge in [0.2, 0.25) is 0 Å². The van der Waals surface area contributed by atoms with Gasteiger partial charge in [-0.25, -0.2) is 0 Å². The van der Waals surface area contributed by atoms with E-state index >= 15 is 0 Å². The Balaban J connectivity index is 2.01. The van der Waals surface area contributed by atoms with Crippen molar-refractivity contribution in [3.8, 4) is 0 Å². The number of nitrogens with one attached hydrogen (secondary N) is 1. The van der Waals surface area contributed by atoms with Gasteiger partial charge in [0, 0.05) is 5.92 Å². The number of rotatable bonds is 4. The molecular weight excluding hydrogens is 202 g/mol. The van der Waals surface area contributed by atoms with Gasteiger partial charge in [0.1, 0.15) is 5.76 Å². The van der Waals surface area contributed by atoms with Gasteiger partial charge in [-0.1, -0.05) is 6.92 Å². The Hall–Kier alpha value is -0.540. The first-order valence-corrected chi connectivity index (χ1v) is 6.49. The van der Waals surface area contributed by atoms with Gasteiger partial charge in [0.15, 0.2) is 0 Å². The second-order valence-corrected chi connectivity index (χ2v) is 4.77. The first kappa shape index (κ1) is 11.9. The molecule has 2 aliphatic heterocycles. The van der Waals surface area contributed by atoms with E-state index in [1.54, 1.807) is 0 Å². The molecule has 0 aromatic rings. The van der Waals surface area contributed by atoms with Crippen LogP contribution in [0.5, 0.6) is 0 Å². The Morgan fingerprint density at radius 2 is 2.44 bits per heavy atom. The zero-order valence-electron chi connectivity index (χ0n) is 10.4. The smallest absolute Gasteiger partial charge is 0.109 e. The fraction of sp³-hybridized carbons (Fsp3) is 0.846. The van der Waals surface area contributed by atoms with Crippen LogP contribution in [0.2, 0.25) is 0 Å². The van der Waals surface area contributed by atoms with Crippen molar-refractivity contribution >= 4 is 0 Å². The topological polar surface area (TPSA) is 30.5 Å². The van der Waals surface area contributed by atoms with E-state index in [-0.39, 0.29) is 0 Å². The zero-order valence-corrected chi connectivity index (χ0v) is 10.4. The summed E-state index contributed by atoms with van der Waals surface area (Å²) in [6.07, 6.45) is 6.09. The highest BCUT2D eigenvalue weighted by Crippen LogP contribution is 2.28. The molecule has 3 heteroatoms. The molecule has 0 aromatic heterocycles. The molecule has 1 N–H and O–H groups in total. The quantitative estimate of drug-likeness (QED) is 0.794. The summed E-state index contributed by atoms with van der Waals surface area (Å²) < 4.78 is 11.4. The van der Waals surface area contributed by atoms with Gasteiger partial charge in [0.05, 0.1) is 25.4 Å². The predicted octanol–water partition coefficient (Wildman–Crippen LogP) is 2.08. The third kappa shape index (κ3) is 2.77. The lowest BCUT2D eigenvalue weighted by Gasteiger charge is -2.28. The summed E-state index contributed by atoms with van der Waals surface area (Å²) in [5.74, 6) is 1.72. The zero-order chi connectivity index (χ0) is 11.4. The second-order valence-electron chi connectivity index (χ2n) is 4.77. The third-order valence-electron chi connectivity index (χ3n) is 3.39. The maximum Gasteiger partial charge on any atom is 0.109 e. The Labute approximate surface area is 98.2 Å². The molecule has 3 nitrogen and oxygen atoms in total. The number of allylic oxidation sites excluding steroid dienone is 1. The number of ether oxygens (including phenoxy) is 2. The van der Waals surface area contributed by atoms with Gasteiger partial charge >= 0.3 is 0 Å². The van der Waals surface area contributed by atoms with Crippen molar-refractivity contribution in [3.63, 3.8) is 0 Å². The Morgan fingerprint density at radius 1 is 1.56 bits per heavy atom. The molecule has 0 bridgehead atoms. The highest BCUT2D eigenvalue weighted by atomic mass is 16.5. The van der Waals surface area contributed by atoms with Crippen molar-refractivity contribution in [2.45, 2.75) is 45.3 Å². The molecule has 2 heterocycles. The van der Waals surface area contributed by atoms with E-state index in [0.717, 1.165) is 44.8 Å². The van der Waals surface area contributed by atoms with Crippen molar-refractivity contribution in [2.24, 2.45) is 5.92 Å². The maximum atomic E-state index is 5.78. The van der Waals surface area contributed by atoms with E-state index in [4.69, 9.17) is 9.47 Å². The van der Waals surface area contributed by atoms with Crippen LogP contribution in [0, 0.1) is 5.92 Å². The van der Waals surface area contributed by atoms with Crippen LogP contribution in [-0.2, 0) is 9.47 Å². The number of likely N-dealkylation sites (N-methyl/N-ethyl adjacent to an activating group) is 1. The normalized spacial score (nSPS) is 32.0. The van der Waals surface area contributed by atoms with Crippen LogP contribution in [0.3, 0.4) is 0 Å². The molecule has 0 aliphatic carbocycles. The summed E-state index contributed by atoms with van der Waals surface area (Å²) in [6.45, 7) is 7.02. The number of hydrogen-bond donors (Lipinski definition) is 1. The highest BCUT2D eigenvalue weighted by Gasteiger charge is 2.32. The van der Waals surface area contributed by atoms with Crippen LogP contribution < -0.4 is 5.32 Å². The van der Waals surface area contributed by atoms with Crippen LogP contribution in [-0.4, -0.2) is 31.9 Å². The molecule has 0 saturated carbocycles. The average molecular weight is 225 g/mol. The van der Waals surface area contributed by atoms with E-state index in [1.165, 1.54) is 0 Å². The largest absolute Gasteiger partial charge is 0.497 e. The molecule has 0 spiro atoms. The molecule has 92 valence electrons. The molecule has 3 atom stereocenters. The molecule has 1 fully saturated rings. The van der Waals surface area contributed by atoms with Crippen LogP contribution in [0.1, 0.15) is 33.1 Å². The van der Waals surface area contributed by atoms with Crippen molar-refractivity contribution in [1.82, 2.24) is 5.32 Å². The van der Waals surface area contributed by atoms with Crippen molar-refractivity contribution in [1.29, 1.82) is 0 Å². The third-order valence-corrected chi connectivity index (χ3v) is 3.39. The minimum Gasteiger partial charge on any atom is -0.497 e. The molecule has 3 unspecified atom stereocenters. The molecule has 16 heavy (non-hydrogen) atoms. The average Bonchev–Trinajstić information content (AvgIpc) is 2.74. The standard InChI is InChI=1S/C13H23NO2/c1-3-14-13(11-8-10(2)16-9-11)12-6-4-5-7-15-12/h6,10-11,13-14H,3-5,7-9H2,1-2H3. The summed E-state index contributed by atoms with van der Waals surface area (Å²) in [5.41, 5.74) is 0. The fourth-order valence-electron chi connectivity index (χ4n) is 2.60. The first-order chi connectivity index (χ1) is 7.81. The highest BCUT2D eigenvalue weighted by molar-refractivity contribution is 5.08. The van der Waals surface area contributed by atoms with Gasteiger partial charge in [-0.15, -0.1) is 0 Å². The van der Waals surface area contributed by atoms with Crippen LogP contribution >= 0.6 is 0 Å². The Morgan fingerprint density at radius 3 is 3.00 bits per heavy atom. The monoisotopic (exact) mass is 225 g/mol. The lowest BCUT2D eigenvalue weighted by atomic mass is 9.94. The number of hydrogen-bond acceptors (Lipinski definition) is 3. The minimum atomic E-state index is 0.357. The van der Waals surface area contributed by atoms with Crippen molar-refractivity contribution in [3.05, 3.63) is 11.8 Å². The summed E-state index contributed by atoms with van der Waals surface area (Å²) in [5, 5.41) is 3.54. The first-order valence-electron chi connectivity index (χ1n) is 6.49. The van der Waals surface area contributed by atoms with Crippen LogP contribution in [0.25, 0.3) is 0 Å². The summed E-state index contributed by atoms with van der Waals surface area (Å²) in [4.78, 5) is 0. The Bertz CT molecular complexity index is 252. The van der Waals surface area contributed by atoms with E-state index in [9.17, 15) is 0 Å². The molecule has 0 amide bonds. The lowest BCUT2D eigenvalue weighted by molar-refractivity contribution is 0.110. The van der Waals surface area contributed by atoms with Crippen molar-refractivity contribution in [2.75, 3.05) is 19.8 Å². The maximum absolute atomic E-state index is 5.78. The lowest BCUT2D eigenvalue weighted by Crippen LogP contribution is -2.39. The molecule has 1 saturated heterocycles. The molecule has 0 aromatic carbocycles. The summed E-state index contributed by atoms with van der Waals surface area (Å²) in [7, 11) is 0. The van der Waals surface area contributed by atoms with Crippen molar-refractivity contribution < 1.29 is 9.47 Å². The van der Waals surface area contributed by atoms with Gasteiger partial charge in [-0.2, -0.15) is 0 Å². The SMILES string of the molecule is CCNC(C1=CCCCO1)C1COC(C)C1. The molecule has 0 radical (unpaired) electrons. The van der Waals surface area contributed by atoms with Gasteiger partial charge in [0.25, 0.3) is 0 Å². The van der Waals surface area contributed by atoms with Gasteiger partial charge in [-0.3, -0.25) is 0 Å². The minimum absolute atomic E-state index is 0.357. The molecule has 2 rings (SSSR count). The fourth-order valence-corrected chi connectivity index (χ4v) is 2.60. The van der Waals surface area contributed by atoms with Crippen LogP contribution in [0.4, 0.5) is 0 Å². The second kappa shape index (κ2) is 5.69. The van der Waals surface area contributed by atoms with Gasteiger partial charge < -0.3 is 14.8 Å². The predicted molar refractivity (Wildman–Crippen MR) is 64.3 cm³/mol. The summed E-state index contributed by atoms with van der Waals surface area (Å²) in [6, 6.07) is 0.357. The molecular formula is C13H23NO2. The molecule has 2 aliphatic rings.